The number of benzene rings is 1. The van der Waals surface area contributed by atoms with E-state index in [1.165, 1.54) is 11.3 Å². The van der Waals surface area contributed by atoms with Crippen LogP contribution in [0.4, 0.5) is 0 Å². The molecule has 6 heteroatoms. The molecular formula is C15H18ClNO3S. The first kappa shape index (κ1) is 16.1. The van der Waals surface area contributed by atoms with Gasteiger partial charge in [0, 0.05) is 23.5 Å². The molecule has 0 aliphatic heterocycles. The van der Waals surface area contributed by atoms with Gasteiger partial charge >= 0.3 is 0 Å². The highest BCUT2D eigenvalue weighted by molar-refractivity contribution is 7.16. The van der Waals surface area contributed by atoms with Crippen molar-refractivity contribution in [3.8, 4) is 11.5 Å². The molecule has 1 heterocycles. The lowest BCUT2D eigenvalue weighted by Crippen LogP contribution is -2.21. The Kier molecular flexibility index (Phi) is 5.87. The summed E-state index contributed by atoms with van der Waals surface area (Å²) >= 11 is 7.41. The molecule has 0 radical (unpaired) electrons. The van der Waals surface area contributed by atoms with E-state index in [4.69, 9.17) is 21.1 Å². The summed E-state index contributed by atoms with van der Waals surface area (Å²) in [5, 5.41) is 13.5. The van der Waals surface area contributed by atoms with Crippen molar-refractivity contribution in [3.05, 3.63) is 45.1 Å². The highest BCUT2D eigenvalue weighted by Gasteiger charge is 2.14. The van der Waals surface area contributed by atoms with Crippen molar-refractivity contribution >= 4 is 22.9 Å². The average molecular weight is 328 g/mol. The average Bonchev–Trinajstić information content (AvgIpc) is 2.91. The van der Waals surface area contributed by atoms with Gasteiger partial charge in [0.2, 0.25) is 0 Å². The van der Waals surface area contributed by atoms with Crippen molar-refractivity contribution in [1.82, 2.24) is 5.32 Å². The SMILES string of the molecule is COc1ccc(OC)c([C@H](O)CNCc2ccc(Cl)s2)c1. The summed E-state index contributed by atoms with van der Waals surface area (Å²) in [7, 11) is 3.18. The second kappa shape index (κ2) is 7.66. The lowest BCUT2D eigenvalue weighted by molar-refractivity contribution is 0.170. The van der Waals surface area contributed by atoms with E-state index in [1.807, 2.05) is 12.1 Å². The zero-order valence-electron chi connectivity index (χ0n) is 11.9. The molecule has 1 aromatic heterocycles. The van der Waals surface area contributed by atoms with Crippen LogP contribution in [0.2, 0.25) is 4.34 Å². The molecule has 0 spiro atoms. The lowest BCUT2D eigenvalue weighted by Gasteiger charge is -2.16. The number of nitrogens with one attached hydrogen (secondary N) is 1. The Morgan fingerprint density at radius 1 is 1.24 bits per heavy atom. The molecule has 0 fully saturated rings. The van der Waals surface area contributed by atoms with Gasteiger partial charge in [-0.3, -0.25) is 0 Å². The Labute approximate surface area is 133 Å². The topological polar surface area (TPSA) is 50.7 Å². The summed E-state index contributed by atoms with van der Waals surface area (Å²) in [6.07, 6.45) is -0.675. The molecule has 21 heavy (non-hydrogen) atoms. The summed E-state index contributed by atoms with van der Waals surface area (Å²) in [5.74, 6) is 1.33. The molecule has 2 rings (SSSR count). The first-order chi connectivity index (χ1) is 10.1. The smallest absolute Gasteiger partial charge is 0.124 e. The first-order valence-corrected chi connectivity index (χ1v) is 7.68. The second-order valence-corrected chi connectivity index (χ2v) is 6.26. The molecule has 2 N–H and O–H groups in total. The van der Waals surface area contributed by atoms with Crippen LogP contribution in [0.5, 0.6) is 11.5 Å². The Bertz CT molecular complexity index is 588. The third-order valence-electron chi connectivity index (χ3n) is 3.06. The second-order valence-electron chi connectivity index (χ2n) is 4.46. The van der Waals surface area contributed by atoms with E-state index in [-0.39, 0.29) is 0 Å². The summed E-state index contributed by atoms with van der Waals surface area (Å²) in [6, 6.07) is 9.21. The zero-order valence-corrected chi connectivity index (χ0v) is 13.5. The quantitative estimate of drug-likeness (QED) is 0.819. The van der Waals surface area contributed by atoms with Gasteiger partial charge in [0.05, 0.1) is 24.7 Å². The number of aliphatic hydroxyl groups excluding tert-OH is 1. The molecule has 0 aliphatic carbocycles. The van der Waals surface area contributed by atoms with Gasteiger partial charge in [-0.25, -0.2) is 0 Å². The largest absolute Gasteiger partial charge is 0.497 e. The standard InChI is InChI=1S/C15H18ClNO3S/c1-19-10-3-5-14(20-2)12(7-10)13(18)9-17-8-11-4-6-15(16)21-11/h3-7,13,17-18H,8-9H2,1-2H3/t13-/m1/s1. The summed E-state index contributed by atoms with van der Waals surface area (Å²) < 4.78 is 11.2. The minimum Gasteiger partial charge on any atom is -0.497 e. The van der Waals surface area contributed by atoms with Gasteiger partial charge in [-0.1, -0.05) is 11.6 Å². The minimum absolute atomic E-state index is 0.416. The van der Waals surface area contributed by atoms with Crippen molar-refractivity contribution in [3.63, 3.8) is 0 Å². The highest BCUT2D eigenvalue weighted by atomic mass is 35.5. The van der Waals surface area contributed by atoms with Crippen molar-refractivity contribution < 1.29 is 14.6 Å². The lowest BCUT2D eigenvalue weighted by atomic mass is 10.1. The number of rotatable bonds is 7. The van der Waals surface area contributed by atoms with Gasteiger partial charge < -0.3 is 19.9 Å². The number of aliphatic hydroxyl groups is 1. The van der Waals surface area contributed by atoms with Crippen LogP contribution >= 0.6 is 22.9 Å². The van der Waals surface area contributed by atoms with Gasteiger partial charge in [-0.15, -0.1) is 11.3 Å². The van der Waals surface area contributed by atoms with Crippen LogP contribution in [0.15, 0.2) is 30.3 Å². The van der Waals surface area contributed by atoms with Gasteiger partial charge in [-0.2, -0.15) is 0 Å². The molecule has 1 aromatic carbocycles. The first-order valence-electron chi connectivity index (χ1n) is 6.49. The predicted octanol–water partition coefficient (Wildman–Crippen LogP) is 3.24. The summed E-state index contributed by atoms with van der Waals surface area (Å²) in [6.45, 7) is 1.08. The third-order valence-corrected chi connectivity index (χ3v) is 4.29. The number of thiophene rings is 1. The van der Waals surface area contributed by atoms with Crippen LogP contribution < -0.4 is 14.8 Å². The molecule has 4 nitrogen and oxygen atoms in total. The number of ether oxygens (including phenoxy) is 2. The van der Waals surface area contributed by atoms with Crippen molar-refractivity contribution in [1.29, 1.82) is 0 Å². The number of hydrogen-bond donors (Lipinski definition) is 2. The van der Waals surface area contributed by atoms with Crippen molar-refractivity contribution in [2.24, 2.45) is 0 Å². The number of hydrogen-bond acceptors (Lipinski definition) is 5. The molecule has 0 bridgehead atoms. The van der Waals surface area contributed by atoms with Crippen LogP contribution in [0, 0.1) is 0 Å². The van der Waals surface area contributed by atoms with Crippen LogP contribution in [0.1, 0.15) is 16.5 Å². The normalized spacial score (nSPS) is 12.2. The third kappa shape index (κ3) is 4.35. The Morgan fingerprint density at radius 3 is 2.67 bits per heavy atom. The van der Waals surface area contributed by atoms with Gasteiger partial charge in [0.15, 0.2) is 0 Å². The molecule has 0 saturated heterocycles. The van der Waals surface area contributed by atoms with E-state index in [0.29, 0.717) is 30.2 Å². The highest BCUT2D eigenvalue weighted by Crippen LogP contribution is 2.29. The van der Waals surface area contributed by atoms with Gasteiger partial charge in [0.25, 0.3) is 0 Å². The molecule has 0 amide bonds. The van der Waals surface area contributed by atoms with Crippen molar-refractivity contribution in [2.75, 3.05) is 20.8 Å². The number of halogens is 1. The van der Waals surface area contributed by atoms with Crippen LogP contribution in [0.3, 0.4) is 0 Å². The Morgan fingerprint density at radius 2 is 2.05 bits per heavy atom. The van der Waals surface area contributed by atoms with Crippen molar-refractivity contribution in [2.45, 2.75) is 12.6 Å². The minimum atomic E-state index is -0.675. The summed E-state index contributed by atoms with van der Waals surface area (Å²) in [4.78, 5) is 1.13. The van der Waals surface area contributed by atoms with E-state index in [0.717, 1.165) is 9.21 Å². The number of methoxy groups -OCH3 is 2. The van der Waals surface area contributed by atoms with Crippen LogP contribution in [0.25, 0.3) is 0 Å². The predicted molar refractivity (Wildman–Crippen MR) is 85.5 cm³/mol. The van der Waals surface area contributed by atoms with Crippen LogP contribution in [-0.4, -0.2) is 25.9 Å². The maximum absolute atomic E-state index is 10.3. The van der Waals surface area contributed by atoms with E-state index >= 15 is 0 Å². The summed E-state index contributed by atoms with van der Waals surface area (Å²) in [5.41, 5.74) is 0.702. The maximum atomic E-state index is 10.3. The molecule has 2 aromatic rings. The zero-order chi connectivity index (χ0) is 15.2. The maximum Gasteiger partial charge on any atom is 0.124 e. The molecule has 0 aliphatic rings. The van der Waals surface area contributed by atoms with E-state index in [1.54, 1.807) is 32.4 Å². The van der Waals surface area contributed by atoms with E-state index in [2.05, 4.69) is 5.32 Å². The fraction of sp³-hybridized carbons (Fsp3) is 0.333. The monoisotopic (exact) mass is 327 g/mol. The molecule has 0 saturated carbocycles. The molecule has 0 unspecified atom stereocenters. The van der Waals surface area contributed by atoms with Gasteiger partial charge in [-0.05, 0) is 30.3 Å². The Hall–Kier alpha value is -1.27. The van der Waals surface area contributed by atoms with Crippen LogP contribution in [-0.2, 0) is 6.54 Å². The fourth-order valence-electron chi connectivity index (χ4n) is 1.99. The fourth-order valence-corrected chi connectivity index (χ4v) is 3.05. The van der Waals surface area contributed by atoms with E-state index in [9.17, 15) is 5.11 Å². The molecule has 114 valence electrons. The van der Waals surface area contributed by atoms with E-state index < -0.39 is 6.10 Å². The molecule has 1 atom stereocenters. The molecular weight excluding hydrogens is 310 g/mol. The Balaban J connectivity index is 1.97. The van der Waals surface area contributed by atoms with Gasteiger partial charge in [0.1, 0.15) is 11.5 Å².